The fourth-order valence-electron chi connectivity index (χ4n) is 3.45. The minimum Gasteiger partial charge on any atom is -0.391 e. The van der Waals surface area contributed by atoms with Gasteiger partial charge in [-0.25, -0.2) is 0 Å². The number of carbonyl (C=O) groups is 1. The van der Waals surface area contributed by atoms with E-state index in [0.29, 0.717) is 28.9 Å². The Bertz CT molecular complexity index is 1050. The fourth-order valence-corrected chi connectivity index (χ4v) is 3.62. The number of fused-ring (bicyclic) bond motifs is 1. The number of aromatic nitrogens is 3. The van der Waals surface area contributed by atoms with Gasteiger partial charge in [0.25, 0.3) is 5.91 Å². The van der Waals surface area contributed by atoms with Crippen LogP contribution in [0, 0.1) is 5.92 Å². The summed E-state index contributed by atoms with van der Waals surface area (Å²) in [4.78, 5) is 38.3. The molecular weight excluding hydrogens is 368 g/mol. The predicted octanol–water partition coefficient (Wildman–Crippen LogP) is 1.65. The smallest absolute Gasteiger partial charge is 0.259 e. The van der Waals surface area contributed by atoms with Crippen LogP contribution in [0.3, 0.4) is 0 Å². The molecule has 0 spiro atoms. The monoisotopic (exact) mass is 384 g/mol. The zero-order valence-corrected chi connectivity index (χ0v) is 15.1. The molecule has 4 rings (SSSR count). The molecule has 3 aromatic rings. The Morgan fingerprint density at radius 2 is 2.19 bits per heavy atom. The van der Waals surface area contributed by atoms with E-state index < -0.39 is 12.0 Å². The van der Waals surface area contributed by atoms with Crippen LogP contribution in [0.25, 0.3) is 10.9 Å². The maximum atomic E-state index is 12.9. The second-order valence-corrected chi connectivity index (χ2v) is 7.10. The van der Waals surface area contributed by atoms with Crippen LogP contribution in [-0.2, 0) is 6.42 Å². The van der Waals surface area contributed by atoms with Crippen molar-refractivity contribution >= 4 is 28.4 Å². The molecule has 0 aliphatic carbocycles. The van der Waals surface area contributed by atoms with E-state index in [1.54, 1.807) is 36.8 Å². The summed E-state index contributed by atoms with van der Waals surface area (Å²) in [7, 11) is 0. The van der Waals surface area contributed by atoms with Gasteiger partial charge in [-0.15, -0.1) is 0 Å². The molecule has 8 heteroatoms. The first-order valence-corrected chi connectivity index (χ1v) is 8.94. The third-order valence-corrected chi connectivity index (χ3v) is 5.09. The zero-order chi connectivity index (χ0) is 19.0. The largest absolute Gasteiger partial charge is 0.391 e. The molecule has 3 heterocycles. The van der Waals surface area contributed by atoms with Crippen LogP contribution in [0.5, 0.6) is 0 Å². The molecule has 2 aromatic heterocycles. The van der Waals surface area contributed by atoms with E-state index in [4.69, 9.17) is 11.6 Å². The number of β-amino-alcohol motifs (C(OH)–C–C–N with tert-alkyl or cyclic N) is 1. The van der Waals surface area contributed by atoms with Gasteiger partial charge < -0.3 is 15.0 Å². The van der Waals surface area contributed by atoms with Gasteiger partial charge in [0.15, 0.2) is 0 Å². The topological polar surface area (TPSA) is 99.2 Å². The van der Waals surface area contributed by atoms with Gasteiger partial charge in [-0.05, 0) is 24.6 Å². The Kier molecular flexibility index (Phi) is 4.63. The average Bonchev–Trinajstić information content (AvgIpc) is 3.03. The van der Waals surface area contributed by atoms with E-state index in [0.717, 1.165) is 5.69 Å². The number of nitrogens with zero attached hydrogens (tertiary/aromatic N) is 3. The molecule has 1 fully saturated rings. The maximum Gasteiger partial charge on any atom is 0.259 e. The summed E-state index contributed by atoms with van der Waals surface area (Å²) in [6.07, 6.45) is 6.09. The summed E-state index contributed by atoms with van der Waals surface area (Å²) in [6, 6.07) is 4.86. The maximum absolute atomic E-state index is 12.9. The second-order valence-electron chi connectivity index (χ2n) is 6.66. The molecule has 0 bridgehead atoms. The number of likely N-dealkylation sites (tertiary alicyclic amines) is 1. The molecule has 1 saturated heterocycles. The first-order valence-electron chi connectivity index (χ1n) is 8.56. The molecule has 0 saturated carbocycles. The number of hydrogen-bond donors (Lipinski definition) is 2. The van der Waals surface area contributed by atoms with Gasteiger partial charge >= 0.3 is 0 Å². The Hall–Kier alpha value is -2.77. The standard InChI is InChI=1S/C19H17ClN4O3/c20-12-1-2-14-16(6-12)23-8-15(18(14)26)19(27)24-9-11(17(25)10-24)5-13-7-21-3-4-22-13/h1-4,6-8,11,17,25H,5,9-10H2,(H,23,26)/t11-,17-/m1/s1. The Balaban J connectivity index is 1.56. The molecule has 0 unspecified atom stereocenters. The van der Waals surface area contributed by atoms with Gasteiger partial charge in [-0.1, -0.05) is 11.6 Å². The molecule has 1 aliphatic heterocycles. The van der Waals surface area contributed by atoms with Gasteiger partial charge in [0.05, 0.1) is 17.3 Å². The van der Waals surface area contributed by atoms with Gasteiger partial charge in [-0.3, -0.25) is 19.6 Å². The molecule has 1 aromatic carbocycles. The Morgan fingerprint density at radius 3 is 2.96 bits per heavy atom. The number of aliphatic hydroxyl groups is 1. The van der Waals surface area contributed by atoms with E-state index in [1.165, 1.54) is 11.1 Å². The highest BCUT2D eigenvalue weighted by atomic mass is 35.5. The van der Waals surface area contributed by atoms with Crippen LogP contribution in [-0.4, -0.2) is 50.1 Å². The van der Waals surface area contributed by atoms with Crippen LogP contribution in [0.2, 0.25) is 5.02 Å². The van der Waals surface area contributed by atoms with Crippen molar-refractivity contribution in [1.29, 1.82) is 0 Å². The number of H-pyrrole nitrogens is 1. The number of amides is 1. The predicted molar refractivity (Wildman–Crippen MR) is 101 cm³/mol. The summed E-state index contributed by atoms with van der Waals surface area (Å²) < 4.78 is 0. The lowest BCUT2D eigenvalue weighted by Crippen LogP contribution is -2.33. The summed E-state index contributed by atoms with van der Waals surface area (Å²) in [5, 5.41) is 11.3. The molecule has 0 radical (unpaired) electrons. The fraction of sp³-hybridized carbons (Fsp3) is 0.263. The van der Waals surface area contributed by atoms with E-state index >= 15 is 0 Å². The average molecular weight is 385 g/mol. The van der Waals surface area contributed by atoms with Crippen molar-refractivity contribution in [2.24, 2.45) is 5.92 Å². The zero-order valence-electron chi connectivity index (χ0n) is 14.3. The van der Waals surface area contributed by atoms with Crippen LogP contribution < -0.4 is 5.43 Å². The SMILES string of the molecule is O=C(c1c[nH]c2cc(Cl)ccc2c1=O)N1C[C@@H](Cc2cnccn2)[C@H](O)C1. The molecule has 1 amide bonds. The highest BCUT2D eigenvalue weighted by Crippen LogP contribution is 2.22. The van der Waals surface area contributed by atoms with Crippen molar-refractivity contribution in [3.8, 4) is 0 Å². The summed E-state index contributed by atoms with van der Waals surface area (Å²) in [6.45, 7) is 0.538. The Morgan fingerprint density at radius 1 is 1.33 bits per heavy atom. The normalized spacial score (nSPS) is 19.6. The molecule has 1 aliphatic rings. The van der Waals surface area contributed by atoms with Crippen molar-refractivity contribution in [2.45, 2.75) is 12.5 Å². The summed E-state index contributed by atoms with van der Waals surface area (Å²) in [5.41, 5.74) is 1.04. The summed E-state index contributed by atoms with van der Waals surface area (Å²) >= 11 is 5.94. The first kappa shape index (κ1) is 17.6. The van der Waals surface area contributed by atoms with Gasteiger partial charge in [0.1, 0.15) is 5.56 Å². The number of pyridine rings is 1. The van der Waals surface area contributed by atoms with Gasteiger partial charge in [-0.2, -0.15) is 0 Å². The molecular formula is C19H17ClN4O3. The molecule has 138 valence electrons. The first-order chi connectivity index (χ1) is 13.0. The third kappa shape index (κ3) is 3.43. The number of aliphatic hydroxyl groups excluding tert-OH is 1. The van der Waals surface area contributed by atoms with Crippen molar-refractivity contribution in [3.63, 3.8) is 0 Å². The van der Waals surface area contributed by atoms with Crippen molar-refractivity contribution < 1.29 is 9.90 Å². The van der Waals surface area contributed by atoms with Crippen molar-refractivity contribution in [3.05, 3.63) is 69.5 Å². The van der Waals surface area contributed by atoms with Gasteiger partial charge in [0.2, 0.25) is 5.43 Å². The van der Waals surface area contributed by atoms with Crippen LogP contribution in [0.4, 0.5) is 0 Å². The van der Waals surface area contributed by atoms with Crippen LogP contribution in [0.15, 0.2) is 47.8 Å². The van der Waals surface area contributed by atoms with E-state index in [9.17, 15) is 14.7 Å². The lowest BCUT2D eigenvalue weighted by atomic mass is 10.0. The Labute approximate surface area is 159 Å². The summed E-state index contributed by atoms with van der Waals surface area (Å²) in [5.74, 6) is -0.544. The number of carbonyl (C=O) groups excluding carboxylic acids is 1. The highest BCUT2D eigenvalue weighted by molar-refractivity contribution is 6.31. The van der Waals surface area contributed by atoms with E-state index in [1.807, 2.05) is 0 Å². The lowest BCUT2D eigenvalue weighted by molar-refractivity contribution is 0.0763. The number of aromatic amines is 1. The number of nitrogens with one attached hydrogen (secondary N) is 1. The molecule has 7 nitrogen and oxygen atoms in total. The third-order valence-electron chi connectivity index (χ3n) is 4.85. The van der Waals surface area contributed by atoms with Gasteiger partial charge in [0, 0.05) is 54.2 Å². The lowest BCUT2D eigenvalue weighted by Gasteiger charge is -2.16. The van der Waals surface area contributed by atoms with E-state index in [-0.39, 0.29) is 23.5 Å². The molecule has 27 heavy (non-hydrogen) atoms. The molecule has 2 atom stereocenters. The number of rotatable bonds is 3. The molecule has 2 N–H and O–H groups in total. The second kappa shape index (κ2) is 7.09. The van der Waals surface area contributed by atoms with Crippen molar-refractivity contribution in [2.75, 3.05) is 13.1 Å². The number of hydrogen-bond acceptors (Lipinski definition) is 5. The number of benzene rings is 1. The number of halogens is 1. The van der Waals surface area contributed by atoms with Crippen LogP contribution in [0.1, 0.15) is 16.1 Å². The minimum atomic E-state index is -0.672. The van der Waals surface area contributed by atoms with E-state index in [2.05, 4.69) is 15.0 Å². The minimum absolute atomic E-state index is 0.0529. The van der Waals surface area contributed by atoms with Crippen LogP contribution >= 0.6 is 11.6 Å². The quantitative estimate of drug-likeness (QED) is 0.715. The van der Waals surface area contributed by atoms with Crippen molar-refractivity contribution in [1.82, 2.24) is 19.9 Å². The highest BCUT2D eigenvalue weighted by Gasteiger charge is 2.35.